The van der Waals surface area contributed by atoms with Crippen molar-refractivity contribution in [3.05, 3.63) is 65.7 Å². The minimum atomic E-state index is -0.578. The Balaban J connectivity index is 1.60. The Labute approximate surface area is 144 Å². The Hall–Kier alpha value is -2.76. The number of ketones is 1. The van der Waals surface area contributed by atoms with Crippen LogP contribution in [0, 0.1) is 11.6 Å². The van der Waals surface area contributed by atoms with Gasteiger partial charge >= 0.3 is 0 Å². The normalized spacial score (nSPS) is 10.3. The highest BCUT2D eigenvalue weighted by Gasteiger charge is 2.12. The third-order valence-electron chi connectivity index (χ3n) is 3.48. The van der Waals surface area contributed by atoms with Crippen LogP contribution in [0.3, 0.4) is 0 Å². The zero-order chi connectivity index (χ0) is 18.1. The molecule has 0 unspecified atom stereocenters. The Morgan fingerprint density at radius 1 is 0.960 bits per heavy atom. The van der Waals surface area contributed by atoms with Gasteiger partial charge in [-0.1, -0.05) is 12.1 Å². The molecule has 2 aromatic rings. The molecule has 0 aliphatic heterocycles. The highest BCUT2D eigenvalue weighted by Crippen LogP contribution is 2.11. The van der Waals surface area contributed by atoms with Gasteiger partial charge in [-0.25, -0.2) is 8.78 Å². The molecule has 132 valence electrons. The second kappa shape index (κ2) is 9.52. The van der Waals surface area contributed by atoms with Gasteiger partial charge in [0.05, 0.1) is 12.2 Å². The fourth-order valence-corrected chi connectivity index (χ4v) is 2.16. The van der Waals surface area contributed by atoms with Crippen LogP contribution in [0.1, 0.15) is 29.6 Å². The Morgan fingerprint density at radius 3 is 2.40 bits per heavy atom. The quantitative estimate of drug-likeness (QED) is 0.558. The molecular formula is C19H19F2NO3. The number of Topliss-reactive ketones (excluding diaryl/α,β-unsaturated/α-hetero) is 1. The number of benzene rings is 2. The summed E-state index contributed by atoms with van der Waals surface area (Å²) in [6, 6.07) is 11.4. The summed E-state index contributed by atoms with van der Waals surface area (Å²) in [4.78, 5) is 23.6. The van der Waals surface area contributed by atoms with Crippen LogP contribution in [-0.4, -0.2) is 24.8 Å². The second-order valence-electron chi connectivity index (χ2n) is 5.41. The van der Waals surface area contributed by atoms with Gasteiger partial charge in [-0.15, -0.1) is 0 Å². The number of carbonyl (C=O) groups is 2. The SMILES string of the molecule is O=C(CCC(=O)c1ccccc1F)NCCCOc1ccc(F)cc1. The molecule has 0 aliphatic carbocycles. The molecule has 0 spiro atoms. The molecule has 1 amide bonds. The molecule has 0 atom stereocenters. The predicted octanol–water partition coefficient (Wildman–Crippen LogP) is 3.51. The largest absolute Gasteiger partial charge is 0.494 e. The van der Waals surface area contributed by atoms with Crippen molar-refractivity contribution >= 4 is 11.7 Å². The lowest BCUT2D eigenvalue weighted by atomic mass is 10.1. The monoisotopic (exact) mass is 347 g/mol. The zero-order valence-electron chi connectivity index (χ0n) is 13.6. The summed E-state index contributed by atoms with van der Waals surface area (Å²) < 4.78 is 31.6. The van der Waals surface area contributed by atoms with Gasteiger partial charge in [-0.05, 0) is 42.8 Å². The summed E-state index contributed by atoms with van der Waals surface area (Å²) in [7, 11) is 0. The first kappa shape index (κ1) is 18.6. The van der Waals surface area contributed by atoms with Crippen molar-refractivity contribution in [3.8, 4) is 5.75 Å². The summed E-state index contributed by atoms with van der Waals surface area (Å²) in [6.45, 7) is 0.772. The van der Waals surface area contributed by atoms with Gasteiger partial charge in [0.2, 0.25) is 5.91 Å². The molecule has 6 heteroatoms. The highest BCUT2D eigenvalue weighted by atomic mass is 19.1. The third-order valence-corrected chi connectivity index (χ3v) is 3.48. The Kier molecular flexibility index (Phi) is 7.07. The van der Waals surface area contributed by atoms with E-state index in [9.17, 15) is 18.4 Å². The van der Waals surface area contributed by atoms with Crippen LogP contribution >= 0.6 is 0 Å². The van der Waals surface area contributed by atoms with Gasteiger partial charge < -0.3 is 10.1 Å². The van der Waals surface area contributed by atoms with Crippen molar-refractivity contribution in [2.45, 2.75) is 19.3 Å². The van der Waals surface area contributed by atoms with E-state index in [1.54, 1.807) is 6.07 Å². The summed E-state index contributed by atoms with van der Waals surface area (Å²) in [5.74, 6) is -1.02. The fourth-order valence-electron chi connectivity index (χ4n) is 2.16. The molecule has 0 saturated carbocycles. The van der Waals surface area contributed by atoms with E-state index in [1.165, 1.54) is 42.5 Å². The van der Waals surface area contributed by atoms with Gasteiger partial charge in [0, 0.05) is 19.4 Å². The molecule has 0 fully saturated rings. The molecule has 4 nitrogen and oxygen atoms in total. The van der Waals surface area contributed by atoms with Crippen LogP contribution in [0.15, 0.2) is 48.5 Å². The van der Waals surface area contributed by atoms with E-state index in [0.29, 0.717) is 25.3 Å². The van der Waals surface area contributed by atoms with E-state index in [1.807, 2.05) is 0 Å². The van der Waals surface area contributed by atoms with Crippen LogP contribution in [0.25, 0.3) is 0 Å². The van der Waals surface area contributed by atoms with Crippen molar-refractivity contribution < 1.29 is 23.1 Å². The van der Waals surface area contributed by atoms with Crippen LogP contribution in [0.4, 0.5) is 8.78 Å². The van der Waals surface area contributed by atoms with Gasteiger partial charge in [-0.2, -0.15) is 0 Å². The number of halogens is 2. The number of ether oxygens (including phenoxy) is 1. The lowest BCUT2D eigenvalue weighted by Gasteiger charge is -2.07. The van der Waals surface area contributed by atoms with Crippen molar-refractivity contribution in [3.63, 3.8) is 0 Å². The van der Waals surface area contributed by atoms with Crippen molar-refractivity contribution in [2.24, 2.45) is 0 Å². The van der Waals surface area contributed by atoms with E-state index < -0.39 is 11.6 Å². The standard InChI is InChI=1S/C19H19F2NO3/c20-14-6-8-15(9-7-14)25-13-3-12-22-19(24)11-10-18(23)16-4-1-2-5-17(16)21/h1-2,4-9H,3,10-13H2,(H,22,24). The maximum Gasteiger partial charge on any atom is 0.220 e. The van der Waals surface area contributed by atoms with Crippen LogP contribution < -0.4 is 10.1 Å². The molecule has 0 aliphatic rings. The van der Waals surface area contributed by atoms with E-state index in [-0.39, 0.29) is 30.1 Å². The minimum Gasteiger partial charge on any atom is -0.494 e. The highest BCUT2D eigenvalue weighted by molar-refractivity contribution is 5.98. The predicted molar refractivity (Wildman–Crippen MR) is 89.5 cm³/mol. The second-order valence-corrected chi connectivity index (χ2v) is 5.41. The first-order valence-corrected chi connectivity index (χ1v) is 7.99. The van der Waals surface area contributed by atoms with E-state index in [2.05, 4.69) is 5.32 Å². The average Bonchev–Trinajstić information content (AvgIpc) is 2.61. The molecule has 2 rings (SSSR count). The van der Waals surface area contributed by atoms with E-state index in [0.717, 1.165) is 0 Å². The Morgan fingerprint density at radius 2 is 1.68 bits per heavy atom. The van der Waals surface area contributed by atoms with Gasteiger partial charge in [-0.3, -0.25) is 9.59 Å². The molecule has 2 aromatic carbocycles. The molecule has 25 heavy (non-hydrogen) atoms. The maximum absolute atomic E-state index is 13.5. The molecule has 0 saturated heterocycles. The van der Waals surface area contributed by atoms with Gasteiger partial charge in [0.25, 0.3) is 0 Å². The molecule has 1 N–H and O–H groups in total. The smallest absolute Gasteiger partial charge is 0.220 e. The molecule has 0 radical (unpaired) electrons. The molecule has 0 bridgehead atoms. The summed E-state index contributed by atoms with van der Waals surface area (Å²) >= 11 is 0. The first-order chi connectivity index (χ1) is 12.1. The van der Waals surface area contributed by atoms with Gasteiger partial charge in [0.15, 0.2) is 5.78 Å². The minimum absolute atomic E-state index is 0.00278. The number of carbonyl (C=O) groups excluding carboxylic acids is 2. The number of nitrogens with one attached hydrogen (secondary N) is 1. The van der Waals surface area contributed by atoms with E-state index >= 15 is 0 Å². The van der Waals surface area contributed by atoms with Crippen molar-refractivity contribution in [1.29, 1.82) is 0 Å². The first-order valence-electron chi connectivity index (χ1n) is 7.99. The number of hydrogen-bond donors (Lipinski definition) is 1. The van der Waals surface area contributed by atoms with E-state index in [4.69, 9.17) is 4.74 Å². The molecule has 0 aromatic heterocycles. The number of hydrogen-bond acceptors (Lipinski definition) is 3. The zero-order valence-corrected chi connectivity index (χ0v) is 13.6. The number of amides is 1. The Bertz CT molecular complexity index is 717. The van der Waals surface area contributed by atoms with Crippen LogP contribution in [0.2, 0.25) is 0 Å². The lowest BCUT2D eigenvalue weighted by molar-refractivity contribution is -0.121. The van der Waals surface area contributed by atoms with Crippen molar-refractivity contribution in [1.82, 2.24) is 5.32 Å². The lowest BCUT2D eigenvalue weighted by Crippen LogP contribution is -2.26. The topological polar surface area (TPSA) is 55.4 Å². The molecule has 0 heterocycles. The fraction of sp³-hybridized carbons (Fsp3) is 0.263. The van der Waals surface area contributed by atoms with Crippen LogP contribution in [0.5, 0.6) is 5.75 Å². The van der Waals surface area contributed by atoms with Crippen LogP contribution in [-0.2, 0) is 4.79 Å². The molecular weight excluding hydrogens is 328 g/mol. The third kappa shape index (κ3) is 6.33. The summed E-state index contributed by atoms with van der Waals surface area (Å²) in [5, 5.41) is 2.67. The average molecular weight is 347 g/mol. The maximum atomic E-state index is 13.5. The van der Waals surface area contributed by atoms with Crippen molar-refractivity contribution in [2.75, 3.05) is 13.2 Å². The summed E-state index contributed by atoms with van der Waals surface area (Å²) in [6.07, 6.45) is 0.537. The number of rotatable bonds is 9. The van der Waals surface area contributed by atoms with Gasteiger partial charge in [0.1, 0.15) is 17.4 Å². The summed E-state index contributed by atoms with van der Waals surface area (Å²) in [5.41, 5.74) is 0.00278.